The summed E-state index contributed by atoms with van der Waals surface area (Å²) in [4.78, 5) is 15.0. The number of aliphatic carboxylic acids is 1. The van der Waals surface area contributed by atoms with E-state index in [2.05, 4.69) is 16.9 Å². The molecule has 0 aromatic rings. The first kappa shape index (κ1) is 19.0. The van der Waals surface area contributed by atoms with Gasteiger partial charge in [-0.3, -0.25) is 9.79 Å². The van der Waals surface area contributed by atoms with Crippen LogP contribution in [0.3, 0.4) is 0 Å². The monoisotopic (exact) mass is 252 g/mol. The van der Waals surface area contributed by atoms with Gasteiger partial charge in [0.15, 0.2) is 0 Å². The number of hydrogen-bond donors (Lipinski definition) is 3. The van der Waals surface area contributed by atoms with Gasteiger partial charge in [-0.1, -0.05) is 13.0 Å². The van der Waals surface area contributed by atoms with Crippen LogP contribution in [0.4, 0.5) is 0 Å². The minimum atomic E-state index is -0.817. The number of amidine groups is 1. The number of carbonyl (C=O) groups is 1. The molecule has 3 N–H and O–H groups in total. The van der Waals surface area contributed by atoms with Crippen molar-refractivity contribution in [3.63, 3.8) is 0 Å². The van der Waals surface area contributed by atoms with Crippen LogP contribution >= 0.6 is 0 Å². The molecule has 0 saturated carbocycles. The Hall–Kier alpha value is -0.360. The third-order valence-corrected chi connectivity index (χ3v) is 2.63. The maximum Gasteiger partial charge on any atom is 1.00 e. The molecule has 0 bridgehead atoms. The van der Waals surface area contributed by atoms with E-state index < -0.39 is 11.4 Å². The Labute approximate surface area is 126 Å². The van der Waals surface area contributed by atoms with Gasteiger partial charge in [-0.05, 0) is 6.42 Å². The first-order valence-corrected chi connectivity index (χ1v) is 5.23. The minimum absolute atomic E-state index is 0. The molecule has 1 heterocycles. The molecule has 0 aromatic carbocycles. The number of carboxylic acid groups (broad SMARTS) is 1. The predicted octanol–water partition coefficient (Wildman–Crippen LogP) is -2.23. The quantitative estimate of drug-likeness (QED) is 0.382. The average molecular weight is 252 g/mol. The van der Waals surface area contributed by atoms with Crippen molar-refractivity contribution in [3.8, 4) is 0 Å². The van der Waals surface area contributed by atoms with E-state index in [1.54, 1.807) is 6.08 Å². The molecule has 17 heavy (non-hydrogen) atoms. The van der Waals surface area contributed by atoms with Crippen LogP contribution in [0.25, 0.3) is 0 Å². The predicted molar refractivity (Wildman–Crippen MR) is 64.7 cm³/mol. The molecule has 0 aromatic heterocycles. The van der Waals surface area contributed by atoms with Crippen LogP contribution in [-0.2, 0) is 4.79 Å². The maximum absolute atomic E-state index is 10.8. The van der Waals surface area contributed by atoms with E-state index in [1.165, 1.54) is 0 Å². The number of nitrogens with one attached hydrogen (secondary N) is 1. The van der Waals surface area contributed by atoms with Gasteiger partial charge in [-0.2, -0.15) is 0 Å². The molecule has 1 aliphatic heterocycles. The third-order valence-electron chi connectivity index (χ3n) is 2.63. The van der Waals surface area contributed by atoms with Gasteiger partial charge in [-0.25, -0.2) is 0 Å². The standard InChI is InChI=1S/C10H16N2O2.CH4O.Na.H/c1-3-10(4-2,7-8(13)14)9-11-5-6-12-9;1-2;;/h3H,1,4-7H2,2H3,(H,11,12)(H,13,14);2H,1H3;;/q;;+1;-1. The normalized spacial score (nSPS) is 16.3. The van der Waals surface area contributed by atoms with E-state index in [1.807, 2.05) is 6.92 Å². The Balaban J connectivity index is -0.000000534. The summed E-state index contributed by atoms with van der Waals surface area (Å²) in [7, 11) is 1.00. The molecule has 1 atom stereocenters. The third kappa shape index (κ3) is 5.21. The van der Waals surface area contributed by atoms with Crippen molar-refractivity contribution in [2.75, 3.05) is 20.2 Å². The maximum atomic E-state index is 10.8. The van der Waals surface area contributed by atoms with E-state index in [4.69, 9.17) is 10.2 Å². The van der Waals surface area contributed by atoms with Crippen LogP contribution in [-0.4, -0.2) is 42.2 Å². The largest absolute Gasteiger partial charge is 1.00 e. The van der Waals surface area contributed by atoms with Gasteiger partial charge >= 0.3 is 35.5 Å². The number of aliphatic hydroxyl groups is 1. The summed E-state index contributed by atoms with van der Waals surface area (Å²) in [6, 6.07) is 0. The zero-order chi connectivity index (χ0) is 12.6. The summed E-state index contributed by atoms with van der Waals surface area (Å²) in [5, 5.41) is 19.0. The number of nitrogens with zero attached hydrogens (tertiary/aromatic N) is 1. The molecule has 94 valence electrons. The number of aliphatic imine (C=N–C) groups is 1. The summed E-state index contributed by atoms with van der Waals surface area (Å²) in [6.07, 6.45) is 2.45. The second-order valence-electron chi connectivity index (χ2n) is 3.44. The Morgan fingerprint density at radius 1 is 1.71 bits per heavy atom. The minimum Gasteiger partial charge on any atom is -1.00 e. The molecule has 0 spiro atoms. The Bertz CT molecular complexity index is 287. The number of carboxylic acids is 1. The van der Waals surface area contributed by atoms with Crippen LogP contribution in [0.2, 0.25) is 0 Å². The molecule has 1 rings (SSSR count). The summed E-state index contributed by atoms with van der Waals surface area (Å²) in [6.45, 7) is 7.19. The van der Waals surface area contributed by atoms with Crippen LogP contribution in [0.15, 0.2) is 17.6 Å². The number of rotatable bonds is 5. The fourth-order valence-corrected chi connectivity index (χ4v) is 1.69. The fraction of sp³-hybridized carbons (Fsp3) is 0.636. The average Bonchev–Trinajstić information content (AvgIpc) is 2.82. The molecule has 0 aliphatic carbocycles. The topological polar surface area (TPSA) is 81.9 Å². The van der Waals surface area contributed by atoms with Crippen LogP contribution in [0, 0.1) is 5.41 Å². The molecule has 1 aliphatic rings. The Morgan fingerprint density at radius 2 is 2.29 bits per heavy atom. The van der Waals surface area contributed by atoms with Gasteiger partial charge in [-0.15, -0.1) is 6.58 Å². The van der Waals surface area contributed by atoms with Crippen molar-refractivity contribution in [2.24, 2.45) is 10.4 Å². The number of aliphatic hydroxyl groups excluding tert-OH is 1. The van der Waals surface area contributed by atoms with Crippen molar-refractivity contribution >= 4 is 11.8 Å². The smallest absolute Gasteiger partial charge is 1.00 e. The van der Waals surface area contributed by atoms with Crippen LogP contribution < -0.4 is 34.9 Å². The van der Waals surface area contributed by atoms with Gasteiger partial charge in [0.1, 0.15) is 5.84 Å². The van der Waals surface area contributed by atoms with E-state index in [0.717, 1.165) is 26.0 Å². The second kappa shape index (κ2) is 9.65. The van der Waals surface area contributed by atoms with Crippen LogP contribution in [0.5, 0.6) is 0 Å². The first-order valence-electron chi connectivity index (χ1n) is 5.23. The van der Waals surface area contributed by atoms with Gasteiger partial charge in [0.25, 0.3) is 0 Å². The van der Waals surface area contributed by atoms with Crippen molar-refractivity contribution in [2.45, 2.75) is 19.8 Å². The summed E-state index contributed by atoms with van der Waals surface area (Å²) < 4.78 is 0. The second-order valence-corrected chi connectivity index (χ2v) is 3.44. The van der Waals surface area contributed by atoms with E-state index in [0.29, 0.717) is 6.42 Å². The van der Waals surface area contributed by atoms with E-state index in [-0.39, 0.29) is 37.4 Å². The van der Waals surface area contributed by atoms with E-state index >= 15 is 0 Å². The Morgan fingerprint density at radius 3 is 2.59 bits per heavy atom. The summed E-state index contributed by atoms with van der Waals surface area (Å²) >= 11 is 0. The van der Waals surface area contributed by atoms with Crippen molar-refractivity contribution < 1.29 is 46.0 Å². The Kier molecular flexibility index (Phi) is 10.8. The van der Waals surface area contributed by atoms with Gasteiger partial charge in [0.2, 0.25) is 0 Å². The molecule has 0 saturated heterocycles. The molecule has 1 unspecified atom stereocenters. The first-order chi connectivity index (χ1) is 7.64. The molecule has 0 fully saturated rings. The van der Waals surface area contributed by atoms with Crippen molar-refractivity contribution in [1.82, 2.24) is 5.32 Å². The van der Waals surface area contributed by atoms with Gasteiger partial charge in [0.05, 0.1) is 18.4 Å². The molecule has 0 radical (unpaired) electrons. The number of hydrogen-bond acceptors (Lipinski definition) is 4. The van der Waals surface area contributed by atoms with Crippen LogP contribution in [0.1, 0.15) is 21.2 Å². The fourth-order valence-electron chi connectivity index (χ4n) is 1.69. The molecule has 5 nitrogen and oxygen atoms in total. The molecular formula is C11H21N2NaO3. The SMILES string of the molecule is C=CC(CC)(CC(=O)O)C1=NCCN1.CO.[H-].[Na+]. The summed E-state index contributed by atoms with van der Waals surface area (Å²) in [5.74, 6) is -0.0412. The van der Waals surface area contributed by atoms with Crippen molar-refractivity contribution in [3.05, 3.63) is 12.7 Å². The summed E-state index contributed by atoms with van der Waals surface area (Å²) in [5.41, 5.74) is -0.512. The zero-order valence-electron chi connectivity index (χ0n) is 11.9. The zero-order valence-corrected chi connectivity index (χ0v) is 12.9. The van der Waals surface area contributed by atoms with Crippen molar-refractivity contribution in [1.29, 1.82) is 0 Å². The van der Waals surface area contributed by atoms with Gasteiger partial charge in [0, 0.05) is 13.7 Å². The molecular weight excluding hydrogens is 231 g/mol. The molecule has 6 heteroatoms. The van der Waals surface area contributed by atoms with Gasteiger partial charge < -0.3 is 17.0 Å². The molecule has 0 amide bonds. The van der Waals surface area contributed by atoms with E-state index in [9.17, 15) is 4.79 Å².